The molecule has 102 heavy (non-hydrogen) atoms. The number of pyridine rings is 2. The molecule has 0 bridgehead atoms. The number of hydrogen-bond donors (Lipinski definition) is 0. The number of hydrogen-bond acceptors (Lipinski definition) is 6. The Labute approximate surface area is 586 Å². The molecule has 2 aromatic heterocycles. The molecule has 6 nitrogen and oxygen atoms in total. The van der Waals surface area contributed by atoms with Crippen LogP contribution in [0.3, 0.4) is 0 Å². The van der Waals surface area contributed by atoms with Crippen LogP contribution in [-0.4, -0.2) is 9.97 Å². The second kappa shape index (κ2) is 23.3. The maximum Gasteiger partial charge on any atom is 0.135 e. The summed E-state index contributed by atoms with van der Waals surface area (Å²) in [5.41, 5.74) is 18.6. The molecule has 0 fully saturated rings. The van der Waals surface area contributed by atoms with Gasteiger partial charge in [-0.2, -0.15) is 10.5 Å². The van der Waals surface area contributed by atoms with Crippen LogP contribution in [0.25, 0.3) is 186 Å². The number of nitrogens with zero attached hydrogens (tertiary/aromatic N) is 4. The van der Waals surface area contributed by atoms with E-state index in [2.05, 4.69) is 267 Å². The molecule has 470 valence electrons. The van der Waals surface area contributed by atoms with Gasteiger partial charge in [-0.15, -0.1) is 0 Å². The molecule has 0 saturated carbocycles. The average molecular weight is 1300 g/mol. The van der Waals surface area contributed by atoms with E-state index < -0.39 is 0 Å². The maximum atomic E-state index is 9.68. The third-order valence-corrected chi connectivity index (χ3v) is 20.9. The Kier molecular flexibility index (Phi) is 13.3. The molecule has 0 aliphatic carbocycles. The summed E-state index contributed by atoms with van der Waals surface area (Å²) in [4.78, 5) is 10.0. The van der Waals surface area contributed by atoms with Crippen LogP contribution in [0.2, 0.25) is 0 Å². The minimum Gasteiger partial charge on any atom is -0.456 e. The lowest BCUT2D eigenvalue weighted by Gasteiger charge is -2.22. The second-order valence-electron chi connectivity index (χ2n) is 26.4. The smallest absolute Gasteiger partial charge is 0.135 e. The standard InChI is InChI=1S/C50H28N2O.C46H26N2O/c51-28-32-20-23-42-41-22-19-31(25-49(41)53-48-18-8-16-35(32)50(42)48)47-24-21-33(29-52-47)43-26-45-40-15-6-5-14-39(40)44(27-46(45)38-13-4-3-12-37(38)43)36-17-7-10-30-9-1-2-11-34(30)36;47-26-30-18-21-38-37-20-17-29(23-45(37)49-44-16-8-15-32(30)46(38)44)43-22-19-31(27-48-43)40-25-42-35-13-6-4-11-33(35)39(28-9-2-1-3-10-28)24-41(42)36-14-7-5-12-34(36)40/h1-27,29H;1-25,27H. The fourth-order valence-corrected chi connectivity index (χ4v) is 16.1. The van der Waals surface area contributed by atoms with Crippen molar-refractivity contribution in [3.8, 4) is 124 Å². The minimum absolute atomic E-state index is 0.650. The highest BCUT2D eigenvalue weighted by Gasteiger charge is 2.26. The number of nitriles is 2. The van der Waals surface area contributed by atoms with Gasteiger partial charge in [-0.1, -0.05) is 231 Å². The monoisotopic (exact) mass is 1290 g/mol. The number of rotatable bonds is 6. The van der Waals surface area contributed by atoms with Crippen LogP contribution in [0.4, 0.5) is 0 Å². The third-order valence-electron chi connectivity index (χ3n) is 20.9. The number of benzene rings is 17. The molecule has 17 aromatic carbocycles. The Morgan fingerprint density at radius 2 is 0.578 bits per heavy atom. The molecule has 19 aromatic rings. The maximum absolute atomic E-state index is 9.68. The van der Waals surface area contributed by atoms with E-state index in [4.69, 9.17) is 19.4 Å². The van der Waals surface area contributed by atoms with Crippen molar-refractivity contribution < 1.29 is 9.47 Å². The van der Waals surface area contributed by atoms with E-state index in [-0.39, 0.29) is 0 Å². The van der Waals surface area contributed by atoms with Crippen molar-refractivity contribution in [2.45, 2.75) is 0 Å². The van der Waals surface area contributed by atoms with Crippen LogP contribution < -0.4 is 9.47 Å². The van der Waals surface area contributed by atoms with Crippen molar-refractivity contribution in [3.63, 3.8) is 0 Å². The van der Waals surface area contributed by atoms with Gasteiger partial charge in [-0.25, -0.2) is 0 Å². The summed E-state index contributed by atoms with van der Waals surface area (Å²) in [6.07, 6.45) is 3.98. The van der Waals surface area contributed by atoms with Gasteiger partial charge in [0.25, 0.3) is 0 Å². The molecule has 21 rings (SSSR count). The first-order chi connectivity index (χ1) is 50.5. The Hall–Kier alpha value is -14.0. The van der Waals surface area contributed by atoms with E-state index in [1.165, 1.54) is 97.7 Å². The highest BCUT2D eigenvalue weighted by Crippen LogP contribution is 2.52. The summed E-state index contributed by atoms with van der Waals surface area (Å²) in [7, 11) is 0. The van der Waals surface area contributed by atoms with Crippen molar-refractivity contribution >= 4 is 97.0 Å². The van der Waals surface area contributed by atoms with Crippen LogP contribution in [0.15, 0.2) is 328 Å². The van der Waals surface area contributed by atoms with Crippen molar-refractivity contribution in [2.75, 3.05) is 0 Å². The summed E-state index contributed by atoms with van der Waals surface area (Å²) >= 11 is 0. The van der Waals surface area contributed by atoms with Crippen molar-refractivity contribution in [1.82, 2.24) is 9.97 Å². The Balaban J connectivity index is 0.000000137. The fraction of sp³-hybridized carbons (Fsp3) is 0. The average Bonchev–Trinajstić information content (AvgIpc) is 0.753. The summed E-state index contributed by atoms with van der Waals surface area (Å²) in [5, 5.41) is 40.4. The number of aromatic nitrogens is 2. The summed E-state index contributed by atoms with van der Waals surface area (Å²) in [6.45, 7) is 0. The quantitative estimate of drug-likeness (QED) is 0.154. The summed E-state index contributed by atoms with van der Waals surface area (Å²) < 4.78 is 12.9. The molecule has 2 aliphatic rings. The Morgan fingerprint density at radius 1 is 0.216 bits per heavy atom. The molecule has 4 heterocycles. The van der Waals surface area contributed by atoms with E-state index >= 15 is 0 Å². The van der Waals surface area contributed by atoms with Crippen LogP contribution >= 0.6 is 0 Å². The van der Waals surface area contributed by atoms with E-state index in [0.29, 0.717) is 11.1 Å². The van der Waals surface area contributed by atoms with Crippen molar-refractivity contribution in [3.05, 3.63) is 339 Å². The van der Waals surface area contributed by atoms with Gasteiger partial charge in [0.1, 0.15) is 23.0 Å². The number of fused-ring (bicyclic) bond motifs is 15. The Bertz CT molecular complexity index is 6880. The molecular formula is C96H54N4O2. The zero-order valence-electron chi connectivity index (χ0n) is 54.8. The molecule has 0 radical (unpaired) electrons. The lowest BCUT2D eigenvalue weighted by molar-refractivity contribution is 0.487. The molecule has 0 N–H and O–H groups in total. The van der Waals surface area contributed by atoms with E-state index in [1.54, 1.807) is 0 Å². The first-order valence-electron chi connectivity index (χ1n) is 34.3. The molecule has 0 unspecified atom stereocenters. The second-order valence-corrected chi connectivity index (χ2v) is 26.4. The minimum atomic E-state index is 0.650. The molecule has 0 spiro atoms. The molecule has 0 amide bonds. The zero-order valence-corrected chi connectivity index (χ0v) is 54.8. The molecule has 0 atom stereocenters. The molecular weight excluding hydrogens is 1240 g/mol. The third kappa shape index (κ3) is 9.25. The van der Waals surface area contributed by atoms with Gasteiger partial charge in [-0.3, -0.25) is 9.97 Å². The van der Waals surface area contributed by atoms with Gasteiger partial charge in [0.15, 0.2) is 0 Å². The normalized spacial score (nSPS) is 11.9. The zero-order chi connectivity index (χ0) is 67.5. The fourth-order valence-electron chi connectivity index (χ4n) is 16.1. The predicted octanol–water partition coefficient (Wildman–Crippen LogP) is 25.8. The van der Waals surface area contributed by atoms with Crippen LogP contribution in [-0.2, 0) is 0 Å². The lowest BCUT2D eigenvalue weighted by Crippen LogP contribution is -1.98. The van der Waals surface area contributed by atoms with Gasteiger partial charge in [0.05, 0.1) is 34.7 Å². The van der Waals surface area contributed by atoms with Gasteiger partial charge < -0.3 is 9.47 Å². The summed E-state index contributed by atoms with van der Waals surface area (Å²) in [5.74, 6) is 3.11. The van der Waals surface area contributed by atoms with Crippen LogP contribution in [0.5, 0.6) is 23.0 Å². The van der Waals surface area contributed by atoms with Crippen LogP contribution in [0.1, 0.15) is 11.1 Å². The first kappa shape index (κ1) is 58.1. The van der Waals surface area contributed by atoms with E-state index in [0.717, 1.165) is 112 Å². The van der Waals surface area contributed by atoms with E-state index in [9.17, 15) is 10.5 Å². The topological polar surface area (TPSA) is 91.8 Å². The highest BCUT2D eigenvalue weighted by atomic mass is 16.5. The van der Waals surface area contributed by atoms with Gasteiger partial charge >= 0.3 is 0 Å². The lowest BCUT2D eigenvalue weighted by atomic mass is 9.87. The largest absolute Gasteiger partial charge is 0.456 e. The molecule has 6 heteroatoms. The van der Waals surface area contributed by atoms with Gasteiger partial charge in [0, 0.05) is 67.3 Å². The first-order valence-corrected chi connectivity index (χ1v) is 34.3. The molecule has 2 aliphatic heterocycles. The Morgan fingerprint density at radius 3 is 1.03 bits per heavy atom. The molecule has 0 saturated heterocycles. The highest BCUT2D eigenvalue weighted by molar-refractivity contribution is 6.26. The van der Waals surface area contributed by atoms with Crippen molar-refractivity contribution in [2.24, 2.45) is 0 Å². The van der Waals surface area contributed by atoms with E-state index in [1.807, 2.05) is 73.1 Å². The van der Waals surface area contributed by atoms with Gasteiger partial charge in [-0.05, 0) is 205 Å². The number of ether oxygens (including phenoxy) is 2. The SMILES string of the molecule is N#Cc1ccc2c3c(cccc13)Oc1cc(-c3ccc(-c4cc5c6ccccc6c(-c6cccc7ccccc67)cc5c5ccccc45)cn3)ccc1-2.N#Cc1ccc2c3c(cccc13)Oc1cc(-c3ccc(-c4cc5c6ccccc6c(-c6ccccc6)cc5c5ccccc45)cn3)ccc1-2. The van der Waals surface area contributed by atoms with Crippen LogP contribution in [0, 0.1) is 22.7 Å². The van der Waals surface area contributed by atoms with Crippen molar-refractivity contribution in [1.29, 1.82) is 10.5 Å². The van der Waals surface area contributed by atoms with Gasteiger partial charge in [0.2, 0.25) is 0 Å². The predicted molar refractivity (Wildman–Crippen MR) is 419 cm³/mol. The summed E-state index contributed by atoms with van der Waals surface area (Å²) in [6, 6.07) is 116.